The second-order valence-corrected chi connectivity index (χ2v) is 5.00. The van der Waals surface area contributed by atoms with Crippen molar-refractivity contribution in [1.82, 2.24) is 9.78 Å². The monoisotopic (exact) mass is 347 g/mol. The lowest BCUT2D eigenvalue weighted by molar-refractivity contribution is -0.274. The number of para-hydroxylation sites is 1. The molecule has 0 aliphatic heterocycles. The average Bonchev–Trinajstić information content (AvgIpc) is 2.99. The van der Waals surface area contributed by atoms with E-state index in [-0.39, 0.29) is 11.6 Å². The van der Waals surface area contributed by atoms with E-state index in [1.54, 1.807) is 36.4 Å². The number of anilines is 1. The van der Waals surface area contributed by atoms with Crippen molar-refractivity contribution < 1.29 is 22.7 Å². The van der Waals surface area contributed by atoms with Crippen molar-refractivity contribution in [2.75, 3.05) is 5.32 Å². The first-order chi connectivity index (χ1) is 12.0. The van der Waals surface area contributed by atoms with E-state index in [9.17, 15) is 18.0 Å². The van der Waals surface area contributed by atoms with Crippen LogP contribution >= 0.6 is 0 Å². The van der Waals surface area contributed by atoms with Crippen molar-refractivity contribution in [1.29, 1.82) is 0 Å². The van der Waals surface area contributed by atoms with Gasteiger partial charge >= 0.3 is 6.36 Å². The predicted octanol–water partition coefficient (Wildman–Crippen LogP) is 4.01. The highest BCUT2D eigenvalue weighted by Gasteiger charge is 2.31. The average molecular weight is 347 g/mol. The number of halogens is 3. The van der Waals surface area contributed by atoms with E-state index in [1.807, 2.05) is 6.07 Å². The van der Waals surface area contributed by atoms with Gasteiger partial charge in [-0.05, 0) is 24.3 Å². The zero-order chi connectivity index (χ0) is 17.9. The molecular weight excluding hydrogens is 335 g/mol. The van der Waals surface area contributed by atoms with Gasteiger partial charge in [-0.15, -0.1) is 18.3 Å². The van der Waals surface area contributed by atoms with Crippen LogP contribution in [0.25, 0.3) is 16.9 Å². The number of rotatable bonds is 5. The molecule has 128 valence electrons. The summed E-state index contributed by atoms with van der Waals surface area (Å²) in [6.07, 6.45) is -4.30. The Hall–Kier alpha value is -3.29. The smallest absolute Gasteiger partial charge is 0.406 e. The van der Waals surface area contributed by atoms with Crippen LogP contribution < -0.4 is 10.1 Å². The third-order valence-electron chi connectivity index (χ3n) is 3.28. The first-order valence-corrected chi connectivity index (χ1v) is 7.18. The maximum Gasteiger partial charge on any atom is 0.573 e. The summed E-state index contributed by atoms with van der Waals surface area (Å²) >= 11 is 0. The van der Waals surface area contributed by atoms with Gasteiger partial charge in [0.05, 0.1) is 11.4 Å². The molecule has 8 heteroatoms. The molecule has 0 spiro atoms. The number of nitrogens with zero attached hydrogens (tertiary/aromatic N) is 2. The molecule has 3 aromatic rings. The molecule has 0 fully saturated rings. The van der Waals surface area contributed by atoms with Gasteiger partial charge in [-0.1, -0.05) is 30.3 Å². The molecule has 25 heavy (non-hydrogen) atoms. The molecular formula is C17H12F3N3O2. The number of aromatic nitrogens is 2. The maximum absolute atomic E-state index is 12.4. The summed E-state index contributed by atoms with van der Waals surface area (Å²) in [4.78, 5) is 10.7. The molecule has 0 aliphatic rings. The molecule has 1 aromatic heterocycles. The largest absolute Gasteiger partial charge is 0.573 e. The van der Waals surface area contributed by atoms with E-state index in [0.29, 0.717) is 23.4 Å². The highest BCUT2D eigenvalue weighted by atomic mass is 19.4. The Morgan fingerprint density at radius 1 is 1.04 bits per heavy atom. The van der Waals surface area contributed by atoms with Gasteiger partial charge in [0.15, 0.2) is 5.82 Å². The molecule has 0 saturated heterocycles. The Labute approximate surface area is 140 Å². The van der Waals surface area contributed by atoms with Crippen LogP contribution in [0, 0.1) is 0 Å². The predicted molar refractivity (Wildman–Crippen MR) is 85.4 cm³/mol. The fraction of sp³-hybridized carbons (Fsp3) is 0.0588. The third-order valence-corrected chi connectivity index (χ3v) is 3.28. The number of carbonyl (C=O) groups is 1. The first-order valence-electron chi connectivity index (χ1n) is 7.18. The van der Waals surface area contributed by atoms with Crippen molar-refractivity contribution in [3.63, 3.8) is 0 Å². The summed E-state index contributed by atoms with van der Waals surface area (Å²) in [6.45, 7) is 0. The zero-order valence-electron chi connectivity index (χ0n) is 12.7. The highest BCUT2D eigenvalue weighted by molar-refractivity contribution is 5.74. The number of nitrogens with one attached hydrogen (secondary N) is 1. The Kier molecular flexibility index (Phi) is 4.42. The van der Waals surface area contributed by atoms with Gasteiger partial charge in [-0.2, -0.15) is 0 Å². The lowest BCUT2D eigenvalue weighted by Crippen LogP contribution is -2.17. The molecule has 5 nitrogen and oxygen atoms in total. The lowest BCUT2D eigenvalue weighted by Gasteiger charge is -2.11. The van der Waals surface area contributed by atoms with E-state index >= 15 is 0 Å². The van der Waals surface area contributed by atoms with Gasteiger partial charge < -0.3 is 10.1 Å². The van der Waals surface area contributed by atoms with Crippen LogP contribution in [0.3, 0.4) is 0 Å². The normalized spacial score (nSPS) is 11.2. The quantitative estimate of drug-likeness (QED) is 0.710. The molecule has 0 bridgehead atoms. The van der Waals surface area contributed by atoms with E-state index in [4.69, 9.17) is 0 Å². The molecule has 0 radical (unpaired) electrons. The number of hydrogen-bond acceptors (Lipinski definition) is 3. The molecule has 1 amide bonds. The van der Waals surface area contributed by atoms with Crippen LogP contribution in [0.15, 0.2) is 60.7 Å². The van der Waals surface area contributed by atoms with Crippen LogP contribution in [0.1, 0.15) is 0 Å². The molecule has 0 atom stereocenters. The van der Waals surface area contributed by atoms with Gasteiger partial charge in [0, 0.05) is 11.6 Å². The molecule has 3 rings (SSSR count). The van der Waals surface area contributed by atoms with Crippen molar-refractivity contribution in [2.45, 2.75) is 6.36 Å². The van der Waals surface area contributed by atoms with E-state index < -0.39 is 6.36 Å². The van der Waals surface area contributed by atoms with Crippen LogP contribution in [0.4, 0.5) is 19.0 Å². The summed E-state index contributed by atoms with van der Waals surface area (Å²) in [5.74, 6) is -0.0632. The van der Waals surface area contributed by atoms with Crippen molar-refractivity contribution in [2.24, 2.45) is 0 Å². The molecule has 0 aliphatic carbocycles. The standard InChI is InChI=1S/C17H12F3N3O2/c18-17(19,20)25-14-8-4-5-12(9-14)15-10-16(21-11-24)22-23(15)13-6-2-1-3-7-13/h1-11H,(H,21,22,24). The minimum Gasteiger partial charge on any atom is -0.406 e. The number of hydrogen-bond donors (Lipinski definition) is 1. The summed E-state index contributed by atoms with van der Waals surface area (Å²) in [5, 5.41) is 6.70. The number of benzene rings is 2. The maximum atomic E-state index is 12.4. The molecule has 1 N–H and O–H groups in total. The fourth-order valence-corrected chi connectivity index (χ4v) is 2.34. The lowest BCUT2D eigenvalue weighted by atomic mass is 10.1. The summed E-state index contributed by atoms with van der Waals surface area (Å²) < 4.78 is 42.8. The minimum atomic E-state index is -4.78. The Morgan fingerprint density at radius 3 is 2.48 bits per heavy atom. The zero-order valence-corrected chi connectivity index (χ0v) is 12.7. The second-order valence-electron chi connectivity index (χ2n) is 5.00. The van der Waals surface area contributed by atoms with E-state index in [1.165, 1.54) is 22.9 Å². The molecule has 1 heterocycles. The van der Waals surface area contributed by atoms with Gasteiger partial charge in [-0.3, -0.25) is 4.79 Å². The molecule has 0 saturated carbocycles. The Bertz CT molecular complexity index is 876. The van der Waals surface area contributed by atoms with E-state index in [2.05, 4.69) is 15.2 Å². The molecule has 2 aromatic carbocycles. The summed E-state index contributed by atoms with van der Waals surface area (Å²) in [6, 6.07) is 16.1. The summed E-state index contributed by atoms with van der Waals surface area (Å²) in [7, 11) is 0. The number of carbonyl (C=O) groups excluding carboxylic acids is 1. The van der Waals surface area contributed by atoms with Gasteiger partial charge in [0.1, 0.15) is 5.75 Å². The Morgan fingerprint density at radius 2 is 1.80 bits per heavy atom. The first kappa shape index (κ1) is 16.6. The number of amides is 1. The van der Waals surface area contributed by atoms with E-state index in [0.717, 1.165) is 0 Å². The Balaban J connectivity index is 2.07. The topological polar surface area (TPSA) is 56.1 Å². The van der Waals surface area contributed by atoms with Crippen molar-refractivity contribution >= 4 is 12.2 Å². The fourth-order valence-electron chi connectivity index (χ4n) is 2.34. The second kappa shape index (κ2) is 6.68. The number of alkyl halides is 3. The number of ether oxygens (including phenoxy) is 1. The van der Waals surface area contributed by atoms with Crippen molar-refractivity contribution in [3.8, 4) is 22.7 Å². The van der Waals surface area contributed by atoms with Crippen LogP contribution in [0.2, 0.25) is 0 Å². The third kappa shape index (κ3) is 3.97. The minimum absolute atomic E-state index is 0.274. The molecule has 0 unspecified atom stereocenters. The van der Waals surface area contributed by atoms with Crippen molar-refractivity contribution in [3.05, 3.63) is 60.7 Å². The van der Waals surface area contributed by atoms with Gasteiger partial charge in [-0.25, -0.2) is 4.68 Å². The highest BCUT2D eigenvalue weighted by Crippen LogP contribution is 2.30. The summed E-state index contributed by atoms with van der Waals surface area (Å²) in [5.41, 5.74) is 1.65. The SMILES string of the molecule is O=CNc1cc(-c2cccc(OC(F)(F)F)c2)n(-c2ccccc2)n1. The van der Waals surface area contributed by atoms with Crippen LogP contribution in [0.5, 0.6) is 5.75 Å². The van der Waals surface area contributed by atoms with Crippen LogP contribution in [-0.2, 0) is 4.79 Å². The van der Waals surface area contributed by atoms with Crippen LogP contribution in [-0.4, -0.2) is 22.6 Å². The van der Waals surface area contributed by atoms with Gasteiger partial charge in [0.25, 0.3) is 0 Å². The van der Waals surface area contributed by atoms with Gasteiger partial charge in [0.2, 0.25) is 6.41 Å².